The molecule has 202 valence electrons. The third-order valence-electron chi connectivity index (χ3n) is 12.4. The molecule has 0 bridgehead atoms. The molecule has 1 spiro atoms. The zero-order valence-electron chi connectivity index (χ0n) is 22.2. The van der Waals surface area contributed by atoms with Gasteiger partial charge in [0.15, 0.2) is 17.3 Å². The van der Waals surface area contributed by atoms with E-state index in [1.165, 1.54) is 31.7 Å². The first kappa shape index (κ1) is 24.5. The molecule has 0 saturated heterocycles. The lowest BCUT2D eigenvalue weighted by Crippen LogP contribution is -2.62. The number of ether oxygens (including phenoxy) is 1. The molecule has 5 aliphatic carbocycles. The number of methoxy groups -OCH3 is 1. The zero-order valence-corrected chi connectivity index (χ0v) is 22.2. The molecule has 1 aromatic carbocycles. The number of para-hydroxylation sites is 1. The lowest BCUT2D eigenvalue weighted by Gasteiger charge is -2.64. The van der Waals surface area contributed by atoms with Crippen LogP contribution in [0.4, 0.5) is 4.39 Å². The molecular formula is C31H42FNO4. The predicted molar refractivity (Wildman–Crippen MR) is 138 cm³/mol. The SMILES string of the molecule is CO[C@H]1C[C@H]2[C@@H]([C@H](O)C[C@@H]3C[C@H](O)CC[C@@]32C)[C@@H]2CC[C@@H]3C(CCc4nc5cccc(F)c5o4)CC[C@@]132. The van der Waals surface area contributed by atoms with E-state index in [0.29, 0.717) is 46.9 Å². The van der Waals surface area contributed by atoms with Gasteiger partial charge in [0.25, 0.3) is 0 Å². The van der Waals surface area contributed by atoms with Gasteiger partial charge in [0, 0.05) is 18.9 Å². The van der Waals surface area contributed by atoms with E-state index in [1.807, 2.05) is 13.2 Å². The van der Waals surface area contributed by atoms with Crippen LogP contribution >= 0.6 is 0 Å². The minimum absolute atomic E-state index is 0.159. The largest absolute Gasteiger partial charge is 0.438 e. The normalized spacial score (nSPS) is 46.9. The molecule has 7 rings (SSSR count). The number of halogens is 1. The van der Waals surface area contributed by atoms with Gasteiger partial charge in [-0.1, -0.05) is 13.0 Å². The molecule has 0 radical (unpaired) electrons. The molecule has 1 aromatic heterocycles. The second-order valence-corrected chi connectivity index (χ2v) is 13.5. The molecule has 5 saturated carbocycles. The highest BCUT2D eigenvalue weighted by molar-refractivity contribution is 5.72. The maximum Gasteiger partial charge on any atom is 0.195 e. The summed E-state index contributed by atoms with van der Waals surface area (Å²) in [5.74, 6) is 3.25. The van der Waals surface area contributed by atoms with Crippen LogP contribution in [0.3, 0.4) is 0 Å². The van der Waals surface area contributed by atoms with E-state index in [9.17, 15) is 14.6 Å². The first-order chi connectivity index (χ1) is 17.8. The maximum atomic E-state index is 14.1. The fourth-order valence-corrected chi connectivity index (χ4v) is 10.9. The third-order valence-corrected chi connectivity index (χ3v) is 12.4. The summed E-state index contributed by atoms with van der Waals surface area (Å²) in [6.07, 6.45) is 11.0. The Morgan fingerprint density at radius 3 is 2.70 bits per heavy atom. The maximum absolute atomic E-state index is 14.1. The Kier molecular flexibility index (Phi) is 5.81. The molecule has 2 N–H and O–H groups in total. The van der Waals surface area contributed by atoms with Crippen LogP contribution in [0.5, 0.6) is 0 Å². The van der Waals surface area contributed by atoms with Gasteiger partial charge in [0.05, 0.1) is 18.3 Å². The standard InChI is InChI=1S/C31H42FNO4/c1-30-12-11-19(34)14-18(30)15-25(35)28-21-8-7-20-17(10-13-31(20,21)26(36-2)16-22(28)30)6-9-27-33-24-5-3-4-23(32)29(24)37-27/h3-5,17-22,25-26,28,34-35H,6-16H2,1-2H3/t17?,18-,19+,20+,21-,22-,25+,26-,28-,30-,31+/m0/s1. The van der Waals surface area contributed by atoms with Crippen LogP contribution in [0.2, 0.25) is 0 Å². The molecule has 37 heavy (non-hydrogen) atoms. The fraction of sp³-hybridized carbons (Fsp3) is 0.774. The van der Waals surface area contributed by atoms with Gasteiger partial charge < -0.3 is 19.4 Å². The van der Waals surface area contributed by atoms with Crippen LogP contribution < -0.4 is 0 Å². The number of aryl methyl sites for hydroxylation is 1. The number of hydrogen-bond donors (Lipinski definition) is 2. The average molecular weight is 512 g/mol. The molecule has 11 atom stereocenters. The number of rotatable bonds is 4. The van der Waals surface area contributed by atoms with E-state index < -0.39 is 0 Å². The first-order valence-electron chi connectivity index (χ1n) is 14.8. The Balaban J connectivity index is 1.14. The zero-order chi connectivity index (χ0) is 25.5. The number of fused-ring (bicyclic) bond motifs is 5. The van der Waals surface area contributed by atoms with Crippen molar-refractivity contribution in [1.29, 1.82) is 0 Å². The van der Waals surface area contributed by atoms with Crippen LogP contribution in [0, 0.1) is 52.2 Å². The van der Waals surface area contributed by atoms with E-state index in [0.717, 1.165) is 44.9 Å². The van der Waals surface area contributed by atoms with Crippen LogP contribution in [0.1, 0.15) is 77.0 Å². The smallest absolute Gasteiger partial charge is 0.195 e. The highest BCUT2D eigenvalue weighted by Gasteiger charge is 2.69. The van der Waals surface area contributed by atoms with Crippen molar-refractivity contribution in [2.24, 2.45) is 46.3 Å². The van der Waals surface area contributed by atoms with Crippen molar-refractivity contribution in [3.05, 3.63) is 29.9 Å². The van der Waals surface area contributed by atoms with Crippen molar-refractivity contribution in [2.45, 2.75) is 95.9 Å². The Hall–Kier alpha value is -1.50. The van der Waals surface area contributed by atoms with E-state index in [1.54, 1.807) is 6.07 Å². The van der Waals surface area contributed by atoms with Gasteiger partial charge in [-0.05, 0) is 117 Å². The summed E-state index contributed by atoms with van der Waals surface area (Å²) in [4.78, 5) is 4.56. The molecule has 0 amide bonds. The topological polar surface area (TPSA) is 75.7 Å². The molecule has 2 aromatic rings. The van der Waals surface area contributed by atoms with Crippen LogP contribution in [0.25, 0.3) is 11.1 Å². The monoisotopic (exact) mass is 511 g/mol. The van der Waals surface area contributed by atoms with Gasteiger partial charge in [-0.15, -0.1) is 0 Å². The fourth-order valence-electron chi connectivity index (χ4n) is 10.9. The summed E-state index contributed by atoms with van der Waals surface area (Å²) in [6, 6.07) is 4.92. The first-order valence-corrected chi connectivity index (χ1v) is 14.8. The van der Waals surface area contributed by atoms with Gasteiger partial charge in [-0.3, -0.25) is 0 Å². The predicted octanol–water partition coefficient (Wildman–Crippen LogP) is 5.91. The molecule has 1 unspecified atom stereocenters. The highest BCUT2D eigenvalue weighted by atomic mass is 19.1. The lowest BCUT2D eigenvalue weighted by molar-refractivity contribution is -0.211. The van der Waals surface area contributed by atoms with Gasteiger partial charge >= 0.3 is 0 Å². The summed E-state index contributed by atoms with van der Waals surface area (Å²) in [7, 11) is 1.91. The van der Waals surface area contributed by atoms with Gasteiger partial charge in [0.2, 0.25) is 0 Å². The van der Waals surface area contributed by atoms with E-state index in [2.05, 4.69) is 11.9 Å². The number of aliphatic hydroxyl groups excluding tert-OH is 2. The van der Waals surface area contributed by atoms with Crippen LogP contribution in [-0.2, 0) is 11.2 Å². The Morgan fingerprint density at radius 2 is 1.89 bits per heavy atom. The second-order valence-electron chi connectivity index (χ2n) is 13.5. The molecule has 5 aliphatic rings. The number of aliphatic hydroxyl groups is 2. The second kappa shape index (κ2) is 8.76. The number of oxazole rings is 1. The van der Waals surface area contributed by atoms with Gasteiger partial charge in [0.1, 0.15) is 5.52 Å². The summed E-state index contributed by atoms with van der Waals surface area (Å²) < 4.78 is 26.3. The van der Waals surface area contributed by atoms with E-state index >= 15 is 0 Å². The molecule has 5 fully saturated rings. The Morgan fingerprint density at radius 1 is 1.05 bits per heavy atom. The molecule has 5 nitrogen and oxygen atoms in total. The summed E-state index contributed by atoms with van der Waals surface area (Å²) in [5.41, 5.74) is 1.23. The van der Waals surface area contributed by atoms with Gasteiger partial charge in [-0.25, -0.2) is 9.37 Å². The number of aromatic nitrogens is 1. The van der Waals surface area contributed by atoms with Crippen molar-refractivity contribution in [2.75, 3.05) is 7.11 Å². The number of nitrogens with zero attached hydrogens (tertiary/aromatic N) is 1. The minimum atomic E-state index is -0.344. The third kappa shape index (κ3) is 3.47. The van der Waals surface area contributed by atoms with Crippen molar-refractivity contribution in [3.63, 3.8) is 0 Å². The Bertz CT molecular complexity index is 1170. The van der Waals surface area contributed by atoms with Crippen LogP contribution in [0.15, 0.2) is 22.6 Å². The Labute approximate surface area is 219 Å². The summed E-state index contributed by atoms with van der Waals surface area (Å²) in [5, 5.41) is 22.0. The van der Waals surface area contributed by atoms with Gasteiger partial charge in [-0.2, -0.15) is 0 Å². The minimum Gasteiger partial charge on any atom is -0.438 e. The molecule has 0 aliphatic heterocycles. The summed E-state index contributed by atoms with van der Waals surface area (Å²) >= 11 is 0. The van der Waals surface area contributed by atoms with Crippen molar-refractivity contribution in [1.82, 2.24) is 4.98 Å². The average Bonchev–Trinajstić information content (AvgIpc) is 3.56. The van der Waals surface area contributed by atoms with Crippen molar-refractivity contribution in [3.8, 4) is 0 Å². The lowest BCUT2D eigenvalue weighted by atomic mass is 9.43. The molecule has 1 heterocycles. The summed E-state index contributed by atoms with van der Waals surface area (Å²) in [6.45, 7) is 2.46. The van der Waals surface area contributed by atoms with Crippen LogP contribution in [-0.4, -0.2) is 40.6 Å². The molecular weight excluding hydrogens is 469 g/mol. The van der Waals surface area contributed by atoms with E-state index in [-0.39, 0.29) is 40.5 Å². The molecule has 6 heteroatoms. The van der Waals surface area contributed by atoms with Crippen molar-refractivity contribution >= 4 is 11.1 Å². The van der Waals surface area contributed by atoms with E-state index in [4.69, 9.17) is 9.15 Å². The van der Waals surface area contributed by atoms with Crippen molar-refractivity contribution < 1.29 is 23.8 Å². The number of benzene rings is 1. The highest BCUT2D eigenvalue weighted by Crippen LogP contribution is 2.72. The quantitative estimate of drug-likeness (QED) is 0.534. The number of hydrogen-bond acceptors (Lipinski definition) is 5.